The first-order valence-electron chi connectivity index (χ1n) is 6.70. The van der Waals surface area contributed by atoms with Gasteiger partial charge in [0.25, 0.3) is 5.69 Å². The van der Waals surface area contributed by atoms with Crippen molar-refractivity contribution in [3.8, 4) is 0 Å². The maximum atomic E-state index is 11.3. The van der Waals surface area contributed by atoms with E-state index in [0.29, 0.717) is 11.5 Å². The molecule has 0 saturated carbocycles. The van der Waals surface area contributed by atoms with Crippen molar-refractivity contribution in [2.45, 2.75) is 32.9 Å². The third-order valence-electron chi connectivity index (χ3n) is 3.10. The van der Waals surface area contributed by atoms with E-state index < -0.39 is 16.6 Å². The van der Waals surface area contributed by atoms with E-state index in [-0.39, 0.29) is 24.8 Å². The van der Waals surface area contributed by atoms with Gasteiger partial charge < -0.3 is 15.5 Å². The van der Waals surface area contributed by atoms with Gasteiger partial charge in [0, 0.05) is 18.7 Å². The van der Waals surface area contributed by atoms with Gasteiger partial charge in [-0.15, -0.1) is 0 Å². The van der Waals surface area contributed by atoms with Gasteiger partial charge in [0.1, 0.15) is 5.56 Å². The molecule has 0 aliphatic carbocycles. The van der Waals surface area contributed by atoms with Crippen LogP contribution in [0.3, 0.4) is 0 Å². The number of benzene rings is 1. The summed E-state index contributed by atoms with van der Waals surface area (Å²) in [7, 11) is 0. The minimum absolute atomic E-state index is 0.0739. The van der Waals surface area contributed by atoms with Crippen LogP contribution in [-0.4, -0.2) is 33.8 Å². The summed E-state index contributed by atoms with van der Waals surface area (Å²) in [6.07, 6.45) is 0.730. The number of nitrogens with zero attached hydrogens (tertiary/aromatic N) is 1. The van der Waals surface area contributed by atoms with Gasteiger partial charge >= 0.3 is 5.97 Å². The Morgan fingerprint density at radius 1 is 1.43 bits per heavy atom. The number of nitrogens with one attached hydrogen (secondary N) is 1. The van der Waals surface area contributed by atoms with E-state index in [1.165, 1.54) is 18.2 Å². The van der Waals surface area contributed by atoms with E-state index in [9.17, 15) is 25.1 Å². The molecule has 3 N–H and O–H groups in total. The van der Waals surface area contributed by atoms with Crippen molar-refractivity contribution in [3.63, 3.8) is 0 Å². The SMILES string of the molecule is CC(C)CC(CO)NCc1cccc([N+](=O)[O-])c1C(=O)O. The van der Waals surface area contributed by atoms with Crippen LogP contribution in [0.2, 0.25) is 0 Å². The predicted octanol–water partition coefficient (Wildman–Crippen LogP) is 1.79. The minimum atomic E-state index is -1.33. The summed E-state index contributed by atoms with van der Waals surface area (Å²) in [5, 5.41) is 32.4. The summed E-state index contributed by atoms with van der Waals surface area (Å²) in [6.45, 7) is 4.11. The highest BCUT2D eigenvalue weighted by atomic mass is 16.6. The number of aliphatic hydroxyl groups is 1. The van der Waals surface area contributed by atoms with Crippen molar-refractivity contribution < 1.29 is 19.9 Å². The number of nitro groups is 1. The van der Waals surface area contributed by atoms with E-state index in [1.54, 1.807) is 0 Å². The smallest absolute Gasteiger partial charge is 0.343 e. The molecule has 0 heterocycles. The number of carboxylic acid groups (broad SMARTS) is 1. The highest BCUT2D eigenvalue weighted by Crippen LogP contribution is 2.22. The molecule has 7 nitrogen and oxygen atoms in total. The van der Waals surface area contributed by atoms with Crippen LogP contribution in [0, 0.1) is 16.0 Å². The first-order chi connectivity index (χ1) is 9.86. The fourth-order valence-corrected chi connectivity index (χ4v) is 2.18. The quantitative estimate of drug-likeness (QED) is 0.498. The standard InChI is InChI=1S/C14H20N2O5/c1-9(2)6-11(8-17)15-7-10-4-3-5-12(16(20)21)13(10)14(18)19/h3-5,9,11,15,17H,6-8H2,1-2H3,(H,18,19). The summed E-state index contributed by atoms with van der Waals surface area (Å²) >= 11 is 0. The van der Waals surface area contributed by atoms with Crippen LogP contribution in [-0.2, 0) is 6.54 Å². The first kappa shape index (κ1) is 17.1. The van der Waals surface area contributed by atoms with Crippen molar-refractivity contribution in [2.24, 2.45) is 5.92 Å². The number of aromatic carboxylic acids is 1. The third-order valence-corrected chi connectivity index (χ3v) is 3.10. The monoisotopic (exact) mass is 296 g/mol. The van der Waals surface area contributed by atoms with E-state index in [0.717, 1.165) is 6.42 Å². The lowest BCUT2D eigenvalue weighted by atomic mass is 10.0. The summed E-state index contributed by atoms with van der Waals surface area (Å²) < 4.78 is 0. The van der Waals surface area contributed by atoms with Crippen molar-refractivity contribution in [2.75, 3.05) is 6.61 Å². The molecule has 21 heavy (non-hydrogen) atoms. The molecule has 1 rings (SSSR count). The second kappa shape index (κ2) is 7.70. The molecular weight excluding hydrogens is 276 g/mol. The number of aliphatic hydroxyl groups excluding tert-OH is 1. The number of carboxylic acids is 1. The minimum Gasteiger partial charge on any atom is -0.477 e. The molecule has 0 aliphatic rings. The third kappa shape index (κ3) is 4.80. The molecule has 0 spiro atoms. The van der Waals surface area contributed by atoms with Crippen molar-refractivity contribution >= 4 is 11.7 Å². The normalized spacial score (nSPS) is 12.4. The van der Waals surface area contributed by atoms with E-state index in [4.69, 9.17) is 0 Å². The topological polar surface area (TPSA) is 113 Å². The molecule has 0 fully saturated rings. The van der Waals surface area contributed by atoms with E-state index in [1.807, 2.05) is 13.8 Å². The van der Waals surface area contributed by atoms with Gasteiger partial charge in [-0.25, -0.2) is 4.79 Å². The Morgan fingerprint density at radius 2 is 2.10 bits per heavy atom. The van der Waals surface area contributed by atoms with Crippen LogP contribution in [0.1, 0.15) is 36.2 Å². The highest BCUT2D eigenvalue weighted by Gasteiger charge is 2.23. The molecule has 0 radical (unpaired) electrons. The van der Waals surface area contributed by atoms with E-state index >= 15 is 0 Å². The Bertz CT molecular complexity index is 516. The Kier molecular flexibility index (Phi) is 6.26. The number of hydrogen-bond donors (Lipinski definition) is 3. The maximum Gasteiger partial charge on any atom is 0.343 e. The zero-order valence-corrected chi connectivity index (χ0v) is 12.1. The molecule has 0 saturated heterocycles. The number of nitro benzene ring substituents is 1. The fourth-order valence-electron chi connectivity index (χ4n) is 2.18. The van der Waals surface area contributed by atoms with E-state index in [2.05, 4.69) is 5.32 Å². The van der Waals surface area contributed by atoms with Gasteiger partial charge in [0.15, 0.2) is 0 Å². The summed E-state index contributed by atoms with van der Waals surface area (Å²) in [6, 6.07) is 3.99. The Hall–Kier alpha value is -1.99. The van der Waals surface area contributed by atoms with Crippen LogP contribution in [0.5, 0.6) is 0 Å². The summed E-state index contributed by atoms with van der Waals surface area (Å²) in [5.74, 6) is -0.956. The van der Waals surface area contributed by atoms with Crippen LogP contribution in [0.25, 0.3) is 0 Å². The average molecular weight is 296 g/mol. The van der Waals surface area contributed by atoms with Crippen LogP contribution in [0.15, 0.2) is 18.2 Å². The van der Waals surface area contributed by atoms with Gasteiger partial charge in [-0.2, -0.15) is 0 Å². The lowest BCUT2D eigenvalue weighted by Gasteiger charge is -2.18. The van der Waals surface area contributed by atoms with Gasteiger partial charge in [-0.05, 0) is 17.9 Å². The fraction of sp³-hybridized carbons (Fsp3) is 0.500. The molecular formula is C14H20N2O5. The molecule has 0 amide bonds. The highest BCUT2D eigenvalue weighted by molar-refractivity contribution is 5.94. The van der Waals surface area contributed by atoms with Crippen LogP contribution >= 0.6 is 0 Å². The molecule has 1 unspecified atom stereocenters. The Balaban J connectivity index is 2.95. The molecule has 0 bridgehead atoms. The summed E-state index contributed by atoms with van der Waals surface area (Å²) in [5.41, 5.74) is -0.402. The van der Waals surface area contributed by atoms with Crippen molar-refractivity contribution in [1.82, 2.24) is 5.32 Å². The number of rotatable bonds is 8. The average Bonchev–Trinajstić information content (AvgIpc) is 2.42. The molecule has 1 aromatic carbocycles. The first-order valence-corrected chi connectivity index (χ1v) is 6.70. The van der Waals surface area contributed by atoms with Gasteiger partial charge in [0.05, 0.1) is 11.5 Å². The molecule has 0 aliphatic heterocycles. The lowest BCUT2D eigenvalue weighted by Crippen LogP contribution is -2.33. The van der Waals surface area contributed by atoms with Crippen LogP contribution in [0.4, 0.5) is 5.69 Å². The molecule has 0 aromatic heterocycles. The maximum absolute atomic E-state index is 11.3. The number of carbonyl (C=O) groups is 1. The lowest BCUT2D eigenvalue weighted by molar-refractivity contribution is -0.385. The van der Waals surface area contributed by atoms with Crippen LogP contribution < -0.4 is 5.32 Å². The van der Waals surface area contributed by atoms with Gasteiger partial charge in [0.2, 0.25) is 0 Å². The molecule has 7 heteroatoms. The number of hydrogen-bond acceptors (Lipinski definition) is 5. The predicted molar refractivity (Wildman–Crippen MR) is 77.2 cm³/mol. The molecule has 1 aromatic rings. The molecule has 116 valence electrons. The zero-order valence-electron chi connectivity index (χ0n) is 12.1. The van der Waals surface area contributed by atoms with Gasteiger partial charge in [-0.3, -0.25) is 10.1 Å². The van der Waals surface area contributed by atoms with Crippen molar-refractivity contribution in [1.29, 1.82) is 0 Å². The van der Waals surface area contributed by atoms with Gasteiger partial charge in [-0.1, -0.05) is 26.0 Å². The largest absolute Gasteiger partial charge is 0.477 e. The Labute approximate surface area is 122 Å². The van der Waals surface area contributed by atoms with Crippen molar-refractivity contribution in [3.05, 3.63) is 39.4 Å². The molecule has 1 atom stereocenters. The second-order valence-electron chi connectivity index (χ2n) is 5.26. The zero-order chi connectivity index (χ0) is 16.0. The Morgan fingerprint density at radius 3 is 2.57 bits per heavy atom. The second-order valence-corrected chi connectivity index (χ2v) is 5.26. The summed E-state index contributed by atoms with van der Waals surface area (Å²) in [4.78, 5) is 21.5.